The van der Waals surface area contributed by atoms with Gasteiger partial charge in [-0.25, -0.2) is 16.8 Å². The molecule has 0 aliphatic carbocycles. The summed E-state index contributed by atoms with van der Waals surface area (Å²) < 4.78 is 69.6. The van der Waals surface area contributed by atoms with Gasteiger partial charge in [0.15, 0.2) is 0 Å². The lowest BCUT2D eigenvalue weighted by molar-refractivity contribution is 0.102. The minimum absolute atomic E-state index is 0.0269. The Hall–Kier alpha value is -3.85. The van der Waals surface area contributed by atoms with E-state index in [-0.39, 0.29) is 26.7 Å². The molecule has 2 aliphatic rings. The number of piperidine rings is 1. The molecule has 2 aliphatic heterocycles. The highest BCUT2D eigenvalue weighted by molar-refractivity contribution is 7.93. The Morgan fingerprint density at radius 1 is 0.851 bits per heavy atom. The molecular formula is C33H43N5O7S2. The van der Waals surface area contributed by atoms with Gasteiger partial charge in [0, 0.05) is 50.6 Å². The molecule has 2 heterocycles. The number of nitrogens with zero attached hydrogens (tertiary/aromatic N) is 3. The lowest BCUT2D eigenvalue weighted by Crippen LogP contribution is -2.37. The van der Waals surface area contributed by atoms with Crippen molar-refractivity contribution in [3.63, 3.8) is 0 Å². The van der Waals surface area contributed by atoms with Crippen LogP contribution in [0.15, 0.2) is 70.5 Å². The number of ether oxygens (including phenoxy) is 2. The maximum Gasteiger partial charge on any atom is 0.264 e. The van der Waals surface area contributed by atoms with Gasteiger partial charge < -0.3 is 24.6 Å². The number of anilines is 4. The summed E-state index contributed by atoms with van der Waals surface area (Å²) in [6.07, 6.45) is 3.01. The summed E-state index contributed by atoms with van der Waals surface area (Å²) >= 11 is 0. The second-order valence-corrected chi connectivity index (χ2v) is 14.9. The number of rotatable bonds is 12. The van der Waals surface area contributed by atoms with Crippen molar-refractivity contribution < 1.29 is 31.1 Å². The summed E-state index contributed by atoms with van der Waals surface area (Å²) in [5.41, 5.74) is 1.82. The van der Waals surface area contributed by atoms with E-state index in [4.69, 9.17) is 9.47 Å². The molecule has 3 aromatic carbocycles. The van der Waals surface area contributed by atoms with Crippen LogP contribution in [0.1, 0.15) is 43.5 Å². The number of carbonyl (C=O) groups excluding carboxylic acids is 1. The molecule has 12 nitrogen and oxygen atoms in total. The average Bonchev–Trinajstić information content (AvgIpc) is 3.09. The van der Waals surface area contributed by atoms with E-state index in [1.54, 1.807) is 62.4 Å². The fourth-order valence-electron chi connectivity index (χ4n) is 5.98. The van der Waals surface area contributed by atoms with Crippen molar-refractivity contribution in [2.24, 2.45) is 0 Å². The van der Waals surface area contributed by atoms with Gasteiger partial charge in [0.25, 0.3) is 15.9 Å². The quantitative estimate of drug-likeness (QED) is 0.280. The highest BCUT2D eigenvalue weighted by atomic mass is 32.2. The van der Waals surface area contributed by atoms with Crippen LogP contribution in [0.4, 0.5) is 22.7 Å². The summed E-state index contributed by atoms with van der Waals surface area (Å²) in [6.45, 7) is 7.51. The van der Waals surface area contributed by atoms with Crippen LogP contribution in [0.25, 0.3) is 0 Å². The Morgan fingerprint density at radius 3 is 2.19 bits per heavy atom. The first kappa shape index (κ1) is 34.5. The zero-order valence-electron chi connectivity index (χ0n) is 27.1. The number of para-hydroxylation sites is 2. The fraction of sp³-hybridized carbons (Fsp3) is 0.424. The van der Waals surface area contributed by atoms with Gasteiger partial charge in [0.05, 0.1) is 42.2 Å². The van der Waals surface area contributed by atoms with Gasteiger partial charge in [-0.3, -0.25) is 9.52 Å². The Labute approximate surface area is 277 Å². The van der Waals surface area contributed by atoms with Gasteiger partial charge in [-0.2, -0.15) is 4.31 Å². The summed E-state index contributed by atoms with van der Waals surface area (Å²) in [7, 11) is -6.55. The molecule has 2 fully saturated rings. The first-order valence-electron chi connectivity index (χ1n) is 15.9. The fourth-order valence-corrected chi connectivity index (χ4v) is 8.79. The molecule has 5 rings (SSSR count). The van der Waals surface area contributed by atoms with Gasteiger partial charge in [-0.15, -0.1) is 0 Å². The molecule has 0 spiro atoms. The largest absolute Gasteiger partial charge is 0.495 e. The van der Waals surface area contributed by atoms with Gasteiger partial charge in [0.1, 0.15) is 10.6 Å². The number of methoxy groups -OCH3 is 1. The van der Waals surface area contributed by atoms with Crippen LogP contribution in [0, 0.1) is 0 Å². The molecule has 3 aromatic rings. The number of hydrogen-bond acceptors (Lipinski definition) is 9. The monoisotopic (exact) mass is 685 g/mol. The second-order valence-electron chi connectivity index (χ2n) is 11.4. The van der Waals surface area contributed by atoms with Crippen LogP contribution in [-0.2, 0) is 24.8 Å². The third-order valence-corrected chi connectivity index (χ3v) is 11.9. The maximum absolute atomic E-state index is 14.0. The molecule has 0 bridgehead atoms. The number of benzene rings is 3. The van der Waals surface area contributed by atoms with Crippen LogP contribution in [0.3, 0.4) is 0 Å². The van der Waals surface area contributed by atoms with E-state index in [9.17, 15) is 21.6 Å². The van der Waals surface area contributed by atoms with Crippen LogP contribution >= 0.6 is 0 Å². The van der Waals surface area contributed by atoms with Gasteiger partial charge >= 0.3 is 0 Å². The Morgan fingerprint density at radius 2 is 1.51 bits per heavy atom. The zero-order chi connectivity index (χ0) is 33.6. The van der Waals surface area contributed by atoms with Crippen molar-refractivity contribution in [1.29, 1.82) is 0 Å². The van der Waals surface area contributed by atoms with Gasteiger partial charge in [-0.05, 0) is 67.8 Å². The van der Waals surface area contributed by atoms with Gasteiger partial charge in [-0.1, -0.05) is 26.0 Å². The topological polar surface area (TPSA) is 138 Å². The molecule has 0 atom stereocenters. The molecule has 2 saturated heterocycles. The van der Waals surface area contributed by atoms with Crippen molar-refractivity contribution in [3.05, 3.63) is 66.2 Å². The summed E-state index contributed by atoms with van der Waals surface area (Å²) in [6, 6.07) is 16.1. The van der Waals surface area contributed by atoms with E-state index in [0.29, 0.717) is 56.5 Å². The van der Waals surface area contributed by atoms with E-state index in [1.165, 1.54) is 23.5 Å². The number of amides is 1. The zero-order valence-corrected chi connectivity index (χ0v) is 28.7. The number of hydrogen-bond donors (Lipinski definition) is 2. The lowest BCUT2D eigenvalue weighted by Gasteiger charge is -2.31. The average molecular weight is 686 g/mol. The Balaban J connectivity index is 1.54. The Kier molecular flexibility index (Phi) is 11.0. The van der Waals surface area contributed by atoms with Crippen LogP contribution < -0.4 is 24.6 Å². The number of sulfonamides is 2. The standard InChI is InChI=1S/C33H43N5O7S2/c1-4-38(5-2)47(42,43)26-14-16-29(36-17-9-6-10-18-36)27(24-26)33(39)34-25-13-15-30(37-19-21-45-22-20-37)32(23-25)46(40,41)35-28-11-7-8-12-31(28)44-3/h7-8,11-16,23-24,35H,4-6,9-10,17-22H2,1-3H3,(H,34,39). The van der Waals surface area contributed by atoms with Crippen LogP contribution in [0.2, 0.25) is 0 Å². The van der Waals surface area contributed by atoms with Crippen molar-refractivity contribution in [2.75, 3.05) is 79.4 Å². The van der Waals surface area contributed by atoms with Crippen molar-refractivity contribution in [3.8, 4) is 5.75 Å². The first-order valence-corrected chi connectivity index (χ1v) is 18.8. The van der Waals surface area contributed by atoms with Crippen molar-refractivity contribution >= 4 is 48.7 Å². The molecule has 14 heteroatoms. The van der Waals surface area contributed by atoms with E-state index >= 15 is 0 Å². The highest BCUT2D eigenvalue weighted by Gasteiger charge is 2.28. The molecule has 0 unspecified atom stereocenters. The number of carbonyl (C=O) groups is 1. The minimum atomic E-state index is -4.17. The minimum Gasteiger partial charge on any atom is -0.495 e. The second kappa shape index (κ2) is 14.9. The summed E-state index contributed by atoms with van der Waals surface area (Å²) in [5.74, 6) is -0.180. The van der Waals surface area contributed by atoms with Crippen molar-refractivity contribution in [2.45, 2.75) is 42.9 Å². The van der Waals surface area contributed by atoms with Crippen LogP contribution in [-0.4, -0.2) is 86.6 Å². The number of morpholine rings is 1. The normalized spacial score (nSPS) is 15.8. The molecule has 2 N–H and O–H groups in total. The lowest BCUT2D eigenvalue weighted by atomic mass is 10.1. The summed E-state index contributed by atoms with van der Waals surface area (Å²) in [4.78, 5) is 18.1. The maximum atomic E-state index is 14.0. The van der Waals surface area contributed by atoms with E-state index in [2.05, 4.69) is 14.9 Å². The first-order chi connectivity index (χ1) is 22.6. The molecule has 0 aromatic heterocycles. The summed E-state index contributed by atoms with van der Waals surface area (Å²) in [5, 5.41) is 2.87. The van der Waals surface area contributed by atoms with E-state index < -0.39 is 26.0 Å². The predicted molar refractivity (Wildman–Crippen MR) is 184 cm³/mol. The number of nitrogens with one attached hydrogen (secondary N) is 2. The Bertz CT molecular complexity index is 1780. The molecule has 0 saturated carbocycles. The van der Waals surface area contributed by atoms with E-state index in [1.807, 2.05) is 4.90 Å². The predicted octanol–water partition coefficient (Wildman–Crippen LogP) is 4.61. The molecule has 1 amide bonds. The molecule has 47 heavy (non-hydrogen) atoms. The van der Waals surface area contributed by atoms with Crippen molar-refractivity contribution in [1.82, 2.24) is 4.31 Å². The third kappa shape index (κ3) is 7.67. The van der Waals surface area contributed by atoms with Gasteiger partial charge in [0.2, 0.25) is 10.0 Å². The molecule has 0 radical (unpaired) electrons. The van der Waals surface area contributed by atoms with E-state index in [0.717, 1.165) is 32.4 Å². The highest BCUT2D eigenvalue weighted by Crippen LogP contribution is 2.34. The SMILES string of the molecule is CCN(CC)S(=O)(=O)c1ccc(N2CCCCC2)c(C(=O)Nc2ccc(N3CCOCC3)c(S(=O)(=O)Nc3ccccc3OC)c2)c1. The smallest absolute Gasteiger partial charge is 0.264 e. The molecule has 254 valence electrons. The molecular weight excluding hydrogens is 643 g/mol. The van der Waals surface area contributed by atoms with Crippen LogP contribution in [0.5, 0.6) is 5.75 Å². The third-order valence-electron chi connectivity index (χ3n) is 8.46.